The number of nitrogens with zero attached hydrogens (tertiary/aromatic N) is 1. The number of nitrogens with two attached hydrogens (primary N) is 1. The Morgan fingerprint density at radius 1 is 1.00 bits per heavy atom. The maximum Gasteiger partial charge on any atom is 0.255 e. The zero-order chi connectivity index (χ0) is 16.2. The topological polar surface area (TPSA) is 68.0 Å². The number of nitrogens with one attached hydrogen (secondary N) is 1. The summed E-state index contributed by atoms with van der Waals surface area (Å²) in [6.07, 6.45) is 1.78. The summed E-state index contributed by atoms with van der Waals surface area (Å²) >= 11 is 0. The number of carbonyl (C=O) groups is 1. The van der Waals surface area contributed by atoms with Crippen LogP contribution in [0.2, 0.25) is 0 Å². The van der Waals surface area contributed by atoms with Crippen molar-refractivity contribution < 1.29 is 4.79 Å². The number of aromatic nitrogens is 1. The highest BCUT2D eigenvalue weighted by atomic mass is 16.1. The second-order valence-corrected chi connectivity index (χ2v) is 5.30. The monoisotopic (exact) mass is 303 g/mol. The van der Waals surface area contributed by atoms with Crippen molar-refractivity contribution in [2.75, 3.05) is 11.1 Å². The number of rotatable bonds is 3. The van der Waals surface area contributed by atoms with E-state index in [-0.39, 0.29) is 5.91 Å². The molecule has 0 atom stereocenters. The van der Waals surface area contributed by atoms with Crippen LogP contribution in [0.5, 0.6) is 0 Å². The van der Waals surface area contributed by atoms with Gasteiger partial charge in [0.15, 0.2) is 0 Å². The van der Waals surface area contributed by atoms with E-state index >= 15 is 0 Å². The number of benzene rings is 2. The van der Waals surface area contributed by atoms with Gasteiger partial charge >= 0.3 is 0 Å². The van der Waals surface area contributed by atoms with Crippen LogP contribution in [-0.4, -0.2) is 10.9 Å². The Labute approximate surface area is 135 Å². The molecule has 4 heteroatoms. The normalized spacial score (nSPS) is 10.3. The van der Waals surface area contributed by atoms with E-state index in [1.165, 1.54) is 0 Å². The Kier molecular flexibility index (Phi) is 4.06. The third kappa shape index (κ3) is 3.37. The quantitative estimate of drug-likeness (QED) is 0.721. The number of nitrogen functional groups attached to an aromatic ring is 1. The molecule has 1 amide bonds. The van der Waals surface area contributed by atoms with Gasteiger partial charge in [0.2, 0.25) is 0 Å². The summed E-state index contributed by atoms with van der Waals surface area (Å²) in [4.78, 5) is 16.5. The molecule has 23 heavy (non-hydrogen) atoms. The minimum atomic E-state index is -0.180. The van der Waals surface area contributed by atoms with Gasteiger partial charge in [-0.3, -0.25) is 9.78 Å². The lowest BCUT2D eigenvalue weighted by Gasteiger charge is -2.08. The number of aryl methyl sites for hydroxylation is 1. The molecule has 0 unspecified atom stereocenters. The molecule has 0 radical (unpaired) electrons. The largest absolute Gasteiger partial charge is 0.397 e. The highest BCUT2D eigenvalue weighted by Gasteiger charge is 2.08. The Bertz CT molecular complexity index is 841. The molecule has 0 aliphatic heterocycles. The Balaban J connectivity index is 1.79. The van der Waals surface area contributed by atoms with E-state index in [0.29, 0.717) is 16.9 Å². The molecule has 0 spiro atoms. The van der Waals surface area contributed by atoms with Gasteiger partial charge in [0.1, 0.15) is 0 Å². The molecule has 1 aromatic heterocycles. The molecule has 0 aliphatic rings. The van der Waals surface area contributed by atoms with Crippen LogP contribution in [0.15, 0.2) is 66.9 Å². The maximum absolute atomic E-state index is 12.3. The molecule has 1 heterocycles. The highest BCUT2D eigenvalue weighted by Crippen LogP contribution is 2.21. The van der Waals surface area contributed by atoms with Crippen LogP contribution in [0.4, 0.5) is 11.4 Å². The molecule has 0 fully saturated rings. The fraction of sp³-hybridized carbons (Fsp3) is 0.0526. The van der Waals surface area contributed by atoms with Crippen molar-refractivity contribution in [2.24, 2.45) is 0 Å². The van der Waals surface area contributed by atoms with E-state index in [4.69, 9.17) is 5.73 Å². The predicted molar refractivity (Wildman–Crippen MR) is 93.2 cm³/mol. The summed E-state index contributed by atoms with van der Waals surface area (Å²) in [6.45, 7) is 1.95. The second-order valence-electron chi connectivity index (χ2n) is 5.30. The SMILES string of the molecule is Cc1cc(-c2ccc(C(=O)Nc3ccccc3N)cc2)ccn1. The standard InChI is InChI=1S/C19H17N3O/c1-13-12-16(10-11-21-13)14-6-8-15(9-7-14)19(23)22-18-5-3-2-4-17(18)20/h2-12H,20H2,1H3,(H,22,23). The van der Waals surface area contributed by atoms with Gasteiger partial charge in [-0.2, -0.15) is 0 Å². The summed E-state index contributed by atoms with van der Waals surface area (Å²) in [5.74, 6) is -0.180. The van der Waals surface area contributed by atoms with Crippen molar-refractivity contribution in [2.45, 2.75) is 6.92 Å². The highest BCUT2D eigenvalue weighted by molar-refractivity contribution is 6.05. The lowest BCUT2D eigenvalue weighted by molar-refractivity contribution is 0.102. The predicted octanol–water partition coefficient (Wildman–Crippen LogP) is 3.89. The van der Waals surface area contributed by atoms with Crippen LogP contribution >= 0.6 is 0 Å². The van der Waals surface area contributed by atoms with Crippen LogP contribution in [0.3, 0.4) is 0 Å². The number of hydrogen-bond acceptors (Lipinski definition) is 3. The number of amides is 1. The third-order valence-electron chi connectivity index (χ3n) is 3.59. The first-order valence-electron chi connectivity index (χ1n) is 7.32. The first-order chi connectivity index (χ1) is 11.1. The smallest absolute Gasteiger partial charge is 0.255 e. The van der Waals surface area contributed by atoms with Crippen molar-refractivity contribution >= 4 is 17.3 Å². The molecule has 0 saturated carbocycles. The maximum atomic E-state index is 12.3. The van der Waals surface area contributed by atoms with Gasteiger partial charge in [0.05, 0.1) is 11.4 Å². The van der Waals surface area contributed by atoms with E-state index in [9.17, 15) is 4.79 Å². The van der Waals surface area contributed by atoms with Crippen molar-refractivity contribution in [3.05, 3.63) is 78.1 Å². The Hall–Kier alpha value is -3.14. The van der Waals surface area contributed by atoms with Crippen LogP contribution in [0.1, 0.15) is 16.1 Å². The van der Waals surface area contributed by atoms with Gasteiger partial charge in [-0.15, -0.1) is 0 Å². The molecule has 3 aromatic rings. The van der Waals surface area contributed by atoms with E-state index in [1.54, 1.807) is 30.5 Å². The Morgan fingerprint density at radius 3 is 2.43 bits per heavy atom. The number of anilines is 2. The third-order valence-corrected chi connectivity index (χ3v) is 3.59. The van der Waals surface area contributed by atoms with Gasteiger partial charge in [0, 0.05) is 17.5 Å². The van der Waals surface area contributed by atoms with Crippen molar-refractivity contribution in [1.82, 2.24) is 4.98 Å². The molecule has 114 valence electrons. The minimum absolute atomic E-state index is 0.180. The summed E-state index contributed by atoms with van der Waals surface area (Å²) in [6, 6.07) is 18.6. The second kappa shape index (κ2) is 6.32. The molecule has 3 N–H and O–H groups in total. The van der Waals surface area contributed by atoms with Crippen LogP contribution in [0.25, 0.3) is 11.1 Å². The van der Waals surface area contributed by atoms with Crippen LogP contribution in [0, 0.1) is 6.92 Å². The molecule has 4 nitrogen and oxygen atoms in total. The molecular weight excluding hydrogens is 286 g/mol. The lowest BCUT2D eigenvalue weighted by Crippen LogP contribution is -2.12. The zero-order valence-corrected chi connectivity index (χ0v) is 12.8. The average molecular weight is 303 g/mol. The van der Waals surface area contributed by atoms with Gasteiger partial charge in [0.25, 0.3) is 5.91 Å². The van der Waals surface area contributed by atoms with Crippen LogP contribution in [-0.2, 0) is 0 Å². The first-order valence-corrected chi connectivity index (χ1v) is 7.32. The van der Waals surface area contributed by atoms with E-state index in [0.717, 1.165) is 16.8 Å². The van der Waals surface area contributed by atoms with E-state index in [1.807, 2.05) is 43.3 Å². The number of carbonyl (C=O) groups excluding carboxylic acids is 1. The van der Waals surface area contributed by atoms with Crippen molar-refractivity contribution in [3.8, 4) is 11.1 Å². The van der Waals surface area contributed by atoms with E-state index in [2.05, 4.69) is 10.3 Å². The molecular formula is C19H17N3O. The van der Waals surface area contributed by atoms with Crippen molar-refractivity contribution in [3.63, 3.8) is 0 Å². The van der Waals surface area contributed by atoms with Crippen LogP contribution < -0.4 is 11.1 Å². The zero-order valence-electron chi connectivity index (χ0n) is 12.8. The van der Waals surface area contributed by atoms with Gasteiger partial charge in [-0.25, -0.2) is 0 Å². The summed E-state index contributed by atoms with van der Waals surface area (Å²) in [7, 11) is 0. The fourth-order valence-corrected chi connectivity index (χ4v) is 2.34. The fourth-order valence-electron chi connectivity index (χ4n) is 2.34. The molecule has 0 saturated heterocycles. The number of pyridine rings is 1. The molecule has 0 aliphatic carbocycles. The summed E-state index contributed by atoms with van der Waals surface area (Å²) < 4.78 is 0. The lowest BCUT2D eigenvalue weighted by atomic mass is 10.0. The summed E-state index contributed by atoms with van der Waals surface area (Å²) in [5, 5.41) is 2.82. The number of hydrogen-bond donors (Lipinski definition) is 2. The average Bonchev–Trinajstić information content (AvgIpc) is 2.57. The first kappa shape index (κ1) is 14.8. The summed E-state index contributed by atoms with van der Waals surface area (Å²) in [5.41, 5.74) is 10.7. The Morgan fingerprint density at radius 2 is 1.74 bits per heavy atom. The number of para-hydroxylation sites is 2. The molecule has 0 bridgehead atoms. The molecule has 3 rings (SSSR count). The van der Waals surface area contributed by atoms with E-state index < -0.39 is 0 Å². The molecule has 2 aromatic carbocycles. The van der Waals surface area contributed by atoms with Gasteiger partial charge in [-0.05, 0) is 54.4 Å². The minimum Gasteiger partial charge on any atom is -0.397 e. The van der Waals surface area contributed by atoms with Crippen molar-refractivity contribution in [1.29, 1.82) is 0 Å². The van der Waals surface area contributed by atoms with Gasteiger partial charge < -0.3 is 11.1 Å². The van der Waals surface area contributed by atoms with Gasteiger partial charge in [-0.1, -0.05) is 24.3 Å².